The minimum atomic E-state index is -1.66. The van der Waals surface area contributed by atoms with E-state index in [2.05, 4.69) is 27.7 Å². The standard InChI is InChI=1S/C42H70O15/c1-36(2)23-7-8-24-38(5)15-20(45)33(39(6)11-9-26(57-39)37(3,4)52)42(38,19-44)14-13-41(24)18-40(23,41)12-10-25(36)56-35-32(51)30(49)28(47)22(55-35)17-53-34-31(50)29(48)27(46)21(16-43)54-34/h20-35,43-52H,7-19H2,1-6H3/t20-,21+,22+,23-,24-,25-,26-,27+,28+,29-,30-,31+,32+,33+,34+,35-,38-,39+,40+,41-,42-/m0/s1. The Morgan fingerprint density at radius 1 is 0.684 bits per heavy atom. The van der Waals surface area contributed by atoms with Gasteiger partial charge in [0, 0.05) is 17.9 Å². The van der Waals surface area contributed by atoms with Crippen molar-refractivity contribution >= 4 is 0 Å². The first kappa shape index (κ1) is 43.1. The van der Waals surface area contributed by atoms with E-state index in [0.29, 0.717) is 25.2 Å². The first-order valence-electron chi connectivity index (χ1n) is 21.5. The molecule has 57 heavy (non-hydrogen) atoms. The van der Waals surface area contributed by atoms with E-state index in [-0.39, 0.29) is 52.3 Å². The molecule has 10 N–H and O–H groups in total. The maximum absolute atomic E-state index is 12.0. The Morgan fingerprint density at radius 2 is 1.30 bits per heavy atom. The Hall–Kier alpha value is -0.600. The number of ether oxygens (including phenoxy) is 5. The number of aliphatic hydroxyl groups excluding tert-OH is 9. The van der Waals surface area contributed by atoms with Gasteiger partial charge in [-0.1, -0.05) is 20.8 Å². The molecule has 3 aliphatic heterocycles. The minimum absolute atomic E-state index is 0.0133. The summed E-state index contributed by atoms with van der Waals surface area (Å²) in [5, 5.41) is 107. The van der Waals surface area contributed by atoms with E-state index >= 15 is 0 Å². The Kier molecular flexibility index (Phi) is 10.7. The first-order valence-corrected chi connectivity index (χ1v) is 21.5. The van der Waals surface area contributed by atoms with Gasteiger partial charge in [-0.15, -0.1) is 0 Å². The predicted molar refractivity (Wildman–Crippen MR) is 200 cm³/mol. The summed E-state index contributed by atoms with van der Waals surface area (Å²) < 4.78 is 30.4. The van der Waals surface area contributed by atoms with Crippen molar-refractivity contribution in [1.82, 2.24) is 0 Å². The molecule has 15 nitrogen and oxygen atoms in total. The van der Waals surface area contributed by atoms with E-state index in [1.165, 1.54) is 0 Å². The summed E-state index contributed by atoms with van der Waals surface area (Å²) in [6.45, 7) is 11.3. The molecule has 2 spiro atoms. The second-order valence-electron chi connectivity index (χ2n) is 21.3. The maximum atomic E-state index is 12.0. The largest absolute Gasteiger partial charge is 0.396 e. The fourth-order valence-corrected chi connectivity index (χ4v) is 15.1. The molecule has 15 heteroatoms. The Bertz CT molecular complexity index is 1490. The molecular weight excluding hydrogens is 744 g/mol. The summed E-state index contributed by atoms with van der Waals surface area (Å²) in [5.74, 6) is 0.354. The van der Waals surface area contributed by atoms with Crippen LogP contribution in [0.1, 0.15) is 106 Å². The van der Waals surface area contributed by atoms with Gasteiger partial charge in [0.25, 0.3) is 0 Å². The number of aliphatic hydroxyl groups is 10. The highest BCUT2D eigenvalue weighted by Crippen LogP contribution is 2.89. The van der Waals surface area contributed by atoms with Crippen molar-refractivity contribution in [2.75, 3.05) is 19.8 Å². The molecule has 0 amide bonds. The molecule has 0 aromatic heterocycles. The molecule has 3 heterocycles. The van der Waals surface area contributed by atoms with Crippen LogP contribution in [-0.2, 0) is 23.7 Å². The lowest BCUT2D eigenvalue weighted by Gasteiger charge is -2.64. The van der Waals surface area contributed by atoms with Gasteiger partial charge in [0.2, 0.25) is 0 Å². The zero-order chi connectivity index (χ0) is 41.5. The zero-order valence-electron chi connectivity index (χ0n) is 34.4. The lowest BCUT2D eigenvalue weighted by atomic mass is 9.41. The molecule has 3 saturated heterocycles. The molecule has 0 unspecified atom stereocenters. The lowest BCUT2D eigenvalue weighted by Crippen LogP contribution is -2.63. The average Bonchev–Trinajstić information content (AvgIpc) is 3.51. The van der Waals surface area contributed by atoms with Crippen LogP contribution in [0.2, 0.25) is 0 Å². The summed E-state index contributed by atoms with van der Waals surface area (Å²) in [6.07, 6.45) is -7.77. The summed E-state index contributed by atoms with van der Waals surface area (Å²) in [4.78, 5) is 0. The summed E-state index contributed by atoms with van der Waals surface area (Å²) in [7, 11) is 0. The van der Waals surface area contributed by atoms with Crippen LogP contribution in [0.3, 0.4) is 0 Å². The third-order valence-corrected chi connectivity index (χ3v) is 18.0. The third-order valence-electron chi connectivity index (χ3n) is 18.0. The van der Waals surface area contributed by atoms with Crippen LogP contribution < -0.4 is 0 Å². The number of hydrogen-bond donors (Lipinski definition) is 10. The molecule has 8 aliphatic rings. The SMILES string of the molecule is CC(C)(O)[C@@H]1CC[C@](C)([C@H]2[C@@H](O)C[C@@]3(C)[C@@H]4CC[C@H]5C(C)(C)[C@@H](O[C@@H]6O[C@H](CO[C@@H]7O[C@H](CO)[C@@H](O)[C@H](O)[C@H]7O)[C@@H](O)[C@H](O)[C@H]6O)CC[C@@]56C[C@@]46CC[C@]23CO)O1. The van der Waals surface area contributed by atoms with Gasteiger partial charge in [-0.25, -0.2) is 0 Å². The van der Waals surface area contributed by atoms with Crippen molar-refractivity contribution in [3.63, 3.8) is 0 Å². The smallest absolute Gasteiger partial charge is 0.186 e. The summed E-state index contributed by atoms with van der Waals surface area (Å²) in [5.41, 5.74) is -2.71. The van der Waals surface area contributed by atoms with E-state index in [4.69, 9.17) is 23.7 Å². The van der Waals surface area contributed by atoms with Gasteiger partial charge in [-0.2, -0.15) is 0 Å². The van der Waals surface area contributed by atoms with Crippen LogP contribution in [0.4, 0.5) is 0 Å². The topological polar surface area (TPSA) is 248 Å². The summed E-state index contributed by atoms with van der Waals surface area (Å²) >= 11 is 0. The number of rotatable bonds is 9. The van der Waals surface area contributed by atoms with Gasteiger partial charge >= 0.3 is 0 Å². The highest BCUT2D eigenvalue weighted by Gasteiger charge is 2.84. The van der Waals surface area contributed by atoms with E-state index in [1.807, 2.05) is 0 Å². The van der Waals surface area contributed by atoms with Crippen molar-refractivity contribution in [3.05, 3.63) is 0 Å². The number of hydrogen-bond acceptors (Lipinski definition) is 15. The van der Waals surface area contributed by atoms with Crippen LogP contribution in [0.25, 0.3) is 0 Å². The Balaban J connectivity index is 0.969. The van der Waals surface area contributed by atoms with E-state index in [1.54, 1.807) is 13.8 Å². The van der Waals surface area contributed by atoms with Gasteiger partial charge < -0.3 is 74.7 Å². The van der Waals surface area contributed by atoms with Crippen LogP contribution in [0, 0.1) is 44.8 Å². The fourth-order valence-electron chi connectivity index (χ4n) is 15.1. The molecular formula is C42H70O15. The van der Waals surface area contributed by atoms with Crippen LogP contribution in [0.5, 0.6) is 0 Å². The molecule has 0 bridgehead atoms. The van der Waals surface area contributed by atoms with Crippen molar-refractivity contribution in [2.45, 2.75) is 197 Å². The molecule has 8 fully saturated rings. The van der Waals surface area contributed by atoms with E-state index in [9.17, 15) is 51.1 Å². The Labute approximate surface area is 335 Å². The third kappa shape index (κ3) is 6.06. The van der Waals surface area contributed by atoms with E-state index < -0.39 is 97.3 Å². The molecule has 0 radical (unpaired) electrons. The molecule has 5 aliphatic carbocycles. The molecule has 0 aromatic carbocycles. The lowest BCUT2D eigenvalue weighted by molar-refractivity contribution is -0.343. The zero-order valence-corrected chi connectivity index (χ0v) is 34.4. The molecule has 328 valence electrons. The van der Waals surface area contributed by atoms with Gasteiger partial charge in [-0.3, -0.25) is 0 Å². The highest BCUT2D eigenvalue weighted by molar-refractivity contribution is 5.32. The summed E-state index contributed by atoms with van der Waals surface area (Å²) in [6, 6.07) is 0. The van der Waals surface area contributed by atoms with Crippen LogP contribution in [0.15, 0.2) is 0 Å². The molecule has 5 saturated carbocycles. The second-order valence-corrected chi connectivity index (χ2v) is 21.3. The maximum Gasteiger partial charge on any atom is 0.186 e. The van der Waals surface area contributed by atoms with Crippen molar-refractivity contribution < 1.29 is 74.7 Å². The van der Waals surface area contributed by atoms with Crippen molar-refractivity contribution in [2.24, 2.45) is 44.8 Å². The minimum Gasteiger partial charge on any atom is -0.396 e. The van der Waals surface area contributed by atoms with Gasteiger partial charge in [0.15, 0.2) is 12.6 Å². The second kappa shape index (κ2) is 14.2. The molecule has 21 atom stereocenters. The van der Waals surface area contributed by atoms with E-state index in [0.717, 1.165) is 44.9 Å². The van der Waals surface area contributed by atoms with Gasteiger partial charge in [-0.05, 0) is 118 Å². The predicted octanol–water partition coefficient (Wildman–Crippen LogP) is 0.0866. The first-order chi connectivity index (χ1) is 26.6. The quantitative estimate of drug-likeness (QED) is 0.139. The van der Waals surface area contributed by atoms with Gasteiger partial charge in [0.05, 0.1) is 42.7 Å². The van der Waals surface area contributed by atoms with Crippen molar-refractivity contribution in [3.8, 4) is 0 Å². The average molecular weight is 815 g/mol. The normalized spacial score (nSPS) is 57.1. The monoisotopic (exact) mass is 814 g/mol. The molecule has 8 rings (SSSR count). The van der Waals surface area contributed by atoms with Crippen molar-refractivity contribution in [1.29, 1.82) is 0 Å². The molecule has 0 aromatic rings. The fraction of sp³-hybridized carbons (Fsp3) is 1.00. The van der Waals surface area contributed by atoms with Gasteiger partial charge in [0.1, 0.15) is 48.8 Å². The van der Waals surface area contributed by atoms with Crippen LogP contribution in [-0.4, -0.2) is 162 Å². The highest BCUT2D eigenvalue weighted by atomic mass is 16.7. The Morgan fingerprint density at radius 3 is 1.93 bits per heavy atom. The number of fused-ring (bicyclic) bond motifs is 2. The van der Waals surface area contributed by atoms with Crippen LogP contribution >= 0.6 is 0 Å².